The lowest BCUT2D eigenvalue weighted by molar-refractivity contribution is 0.0315. The largest absolute Gasteiger partial charge is 0.481 e. The van der Waals surface area contributed by atoms with Gasteiger partial charge < -0.3 is 20.9 Å². The molecule has 0 spiro atoms. The van der Waals surface area contributed by atoms with Gasteiger partial charge in [0.25, 0.3) is 0 Å². The van der Waals surface area contributed by atoms with E-state index in [0.29, 0.717) is 24.5 Å². The first-order chi connectivity index (χ1) is 9.45. The second-order valence-electron chi connectivity index (χ2n) is 4.61. The molecular formula is C14H22N4O2. The van der Waals surface area contributed by atoms with Crippen molar-refractivity contribution in [2.45, 2.75) is 31.4 Å². The topological polar surface area (TPSA) is 93.3 Å². The van der Waals surface area contributed by atoms with E-state index in [1.165, 1.54) is 7.11 Å². The summed E-state index contributed by atoms with van der Waals surface area (Å²) in [4.78, 5) is 7.97. The Morgan fingerprint density at radius 3 is 2.55 bits per heavy atom. The van der Waals surface area contributed by atoms with Gasteiger partial charge in [0.15, 0.2) is 0 Å². The minimum absolute atomic E-state index is 0.107. The number of aliphatic hydroxyl groups is 1. The fourth-order valence-corrected chi connectivity index (χ4v) is 1.91. The highest BCUT2D eigenvalue weighted by atomic mass is 16.5. The summed E-state index contributed by atoms with van der Waals surface area (Å²) in [7, 11) is 1.50. The fourth-order valence-electron chi connectivity index (χ4n) is 1.91. The number of nitrogen functional groups attached to an aromatic ring is 1. The molecule has 0 saturated carbocycles. The molecule has 1 rings (SSSR count). The summed E-state index contributed by atoms with van der Waals surface area (Å²) in [5, 5.41) is 13.7. The molecule has 0 aliphatic heterocycles. The summed E-state index contributed by atoms with van der Waals surface area (Å²) in [6, 6.07) is 1.34. The van der Waals surface area contributed by atoms with Crippen LogP contribution in [0, 0.1) is 0 Å². The second kappa shape index (κ2) is 6.91. The monoisotopic (exact) mass is 278 g/mol. The molecular weight excluding hydrogens is 256 g/mol. The molecule has 20 heavy (non-hydrogen) atoms. The van der Waals surface area contributed by atoms with Gasteiger partial charge in [-0.15, -0.1) is 13.2 Å². The average molecular weight is 278 g/mol. The smallest absolute Gasteiger partial charge is 0.225 e. The van der Waals surface area contributed by atoms with Crippen LogP contribution in [0.5, 0.6) is 5.88 Å². The van der Waals surface area contributed by atoms with Crippen molar-refractivity contribution < 1.29 is 9.84 Å². The molecule has 0 aromatic carbocycles. The molecule has 0 fully saturated rings. The fraction of sp³-hybridized carbons (Fsp3) is 0.429. The number of ether oxygens (including phenoxy) is 1. The van der Waals surface area contributed by atoms with Crippen LogP contribution < -0.4 is 15.8 Å². The predicted molar refractivity (Wildman–Crippen MR) is 80.7 cm³/mol. The molecule has 1 heterocycles. The third-order valence-corrected chi connectivity index (χ3v) is 3.10. The van der Waals surface area contributed by atoms with Crippen LogP contribution in [-0.2, 0) is 0 Å². The lowest BCUT2D eigenvalue weighted by atomic mass is 9.88. The zero-order valence-electron chi connectivity index (χ0n) is 12.0. The van der Waals surface area contributed by atoms with Crippen LogP contribution in [0.4, 0.5) is 11.8 Å². The minimum Gasteiger partial charge on any atom is -0.481 e. The van der Waals surface area contributed by atoms with Crippen LogP contribution in [0.1, 0.15) is 19.8 Å². The molecule has 0 aliphatic rings. The number of nitrogens with one attached hydrogen (secondary N) is 1. The van der Waals surface area contributed by atoms with Crippen molar-refractivity contribution in [3.63, 3.8) is 0 Å². The van der Waals surface area contributed by atoms with Crippen LogP contribution in [0.3, 0.4) is 0 Å². The van der Waals surface area contributed by atoms with Crippen LogP contribution in [0.2, 0.25) is 0 Å². The molecule has 0 radical (unpaired) electrons. The van der Waals surface area contributed by atoms with E-state index in [9.17, 15) is 5.11 Å². The van der Waals surface area contributed by atoms with E-state index in [2.05, 4.69) is 28.4 Å². The molecule has 6 heteroatoms. The first kappa shape index (κ1) is 16.0. The zero-order valence-corrected chi connectivity index (χ0v) is 12.0. The van der Waals surface area contributed by atoms with Gasteiger partial charge in [0.1, 0.15) is 5.82 Å². The first-order valence-corrected chi connectivity index (χ1v) is 6.34. The summed E-state index contributed by atoms with van der Waals surface area (Å²) >= 11 is 0. The Morgan fingerprint density at radius 2 is 2.05 bits per heavy atom. The average Bonchev–Trinajstić information content (AvgIpc) is 2.38. The van der Waals surface area contributed by atoms with Crippen molar-refractivity contribution in [2.24, 2.45) is 0 Å². The van der Waals surface area contributed by atoms with Crippen molar-refractivity contribution in [2.75, 3.05) is 18.2 Å². The van der Waals surface area contributed by atoms with Gasteiger partial charge in [-0.05, 0) is 19.8 Å². The molecule has 1 unspecified atom stereocenters. The number of nitrogens with two attached hydrogens (primary N) is 1. The number of aromatic nitrogens is 2. The van der Waals surface area contributed by atoms with Gasteiger partial charge in [-0.2, -0.15) is 9.97 Å². The lowest BCUT2D eigenvalue weighted by Gasteiger charge is -2.33. The summed E-state index contributed by atoms with van der Waals surface area (Å²) < 4.78 is 5.03. The predicted octanol–water partition coefficient (Wildman–Crippen LogP) is 1.75. The standard InChI is InChI=1S/C14H22N4O2/c1-5-7-14(19,8-6-2)10(3)16-11-9-12(20-4)18-13(15)17-11/h5-6,9-10,19H,1-2,7-8H2,3-4H3,(H3,15,16,17,18). The summed E-state index contributed by atoms with van der Waals surface area (Å²) in [5.74, 6) is 0.964. The van der Waals surface area contributed by atoms with Gasteiger partial charge in [0.05, 0.1) is 18.8 Å². The zero-order chi connectivity index (χ0) is 15.2. The highest BCUT2D eigenvalue weighted by molar-refractivity contribution is 5.44. The Bertz CT molecular complexity index is 466. The third-order valence-electron chi connectivity index (χ3n) is 3.10. The van der Waals surface area contributed by atoms with Crippen molar-refractivity contribution in [3.8, 4) is 5.88 Å². The van der Waals surface area contributed by atoms with E-state index < -0.39 is 5.60 Å². The van der Waals surface area contributed by atoms with E-state index in [-0.39, 0.29) is 12.0 Å². The maximum absolute atomic E-state index is 10.6. The van der Waals surface area contributed by atoms with Gasteiger partial charge in [-0.1, -0.05) is 12.2 Å². The van der Waals surface area contributed by atoms with Crippen LogP contribution in [0.25, 0.3) is 0 Å². The van der Waals surface area contributed by atoms with Crippen LogP contribution in [-0.4, -0.2) is 33.8 Å². The molecule has 0 bridgehead atoms. The van der Waals surface area contributed by atoms with E-state index in [1.807, 2.05) is 6.92 Å². The van der Waals surface area contributed by atoms with Gasteiger partial charge in [-0.25, -0.2) is 0 Å². The Morgan fingerprint density at radius 1 is 1.45 bits per heavy atom. The maximum atomic E-state index is 10.6. The molecule has 0 aliphatic carbocycles. The summed E-state index contributed by atoms with van der Waals surface area (Å²) in [6.07, 6.45) is 4.23. The van der Waals surface area contributed by atoms with Crippen LogP contribution >= 0.6 is 0 Å². The number of anilines is 2. The van der Waals surface area contributed by atoms with Crippen molar-refractivity contribution in [1.29, 1.82) is 0 Å². The molecule has 1 aromatic heterocycles. The maximum Gasteiger partial charge on any atom is 0.225 e. The van der Waals surface area contributed by atoms with Crippen molar-refractivity contribution in [1.82, 2.24) is 9.97 Å². The Hall–Kier alpha value is -2.08. The molecule has 0 amide bonds. The van der Waals surface area contributed by atoms with Crippen LogP contribution in [0.15, 0.2) is 31.4 Å². The normalized spacial score (nSPS) is 12.6. The van der Waals surface area contributed by atoms with E-state index >= 15 is 0 Å². The number of nitrogens with zero attached hydrogens (tertiary/aromatic N) is 2. The Balaban J connectivity index is 2.92. The van der Waals surface area contributed by atoms with Crippen molar-refractivity contribution in [3.05, 3.63) is 31.4 Å². The number of methoxy groups -OCH3 is 1. The van der Waals surface area contributed by atoms with Gasteiger partial charge in [-0.3, -0.25) is 0 Å². The van der Waals surface area contributed by atoms with Gasteiger partial charge in [0, 0.05) is 6.07 Å². The Kier molecular flexibility index (Phi) is 5.52. The molecule has 0 saturated heterocycles. The quantitative estimate of drug-likeness (QED) is 0.627. The van der Waals surface area contributed by atoms with Gasteiger partial charge in [0.2, 0.25) is 11.8 Å². The number of rotatable bonds is 8. The lowest BCUT2D eigenvalue weighted by Crippen LogP contribution is -2.44. The molecule has 6 nitrogen and oxygen atoms in total. The highest BCUT2D eigenvalue weighted by Gasteiger charge is 2.31. The van der Waals surface area contributed by atoms with Crippen molar-refractivity contribution >= 4 is 11.8 Å². The number of hydrogen-bond donors (Lipinski definition) is 3. The first-order valence-electron chi connectivity index (χ1n) is 6.34. The number of hydrogen-bond acceptors (Lipinski definition) is 6. The molecule has 4 N–H and O–H groups in total. The molecule has 1 atom stereocenters. The van der Waals surface area contributed by atoms with Gasteiger partial charge >= 0.3 is 0 Å². The van der Waals surface area contributed by atoms with E-state index in [0.717, 1.165) is 0 Å². The SMILES string of the molecule is C=CCC(O)(CC=C)C(C)Nc1cc(OC)nc(N)n1. The summed E-state index contributed by atoms with van der Waals surface area (Å²) in [5.41, 5.74) is 4.61. The summed E-state index contributed by atoms with van der Waals surface area (Å²) in [6.45, 7) is 9.20. The highest BCUT2D eigenvalue weighted by Crippen LogP contribution is 2.25. The second-order valence-corrected chi connectivity index (χ2v) is 4.61. The molecule has 1 aromatic rings. The van der Waals surface area contributed by atoms with E-state index in [1.54, 1.807) is 18.2 Å². The third kappa shape index (κ3) is 3.96. The van der Waals surface area contributed by atoms with E-state index in [4.69, 9.17) is 10.5 Å². The Labute approximate surface area is 119 Å². The minimum atomic E-state index is -0.990. The molecule has 110 valence electrons.